The molecule has 2 bridgehead atoms. The Labute approximate surface area is 237 Å². The van der Waals surface area contributed by atoms with Crippen LogP contribution in [0.15, 0.2) is 97.1 Å². The van der Waals surface area contributed by atoms with E-state index in [1.807, 2.05) is 43.3 Å². The van der Waals surface area contributed by atoms with E-state index in [1.54, 1.807) is 30.3 Å². The SMILES string of the molecule is Cc1ccc(C(=O)[C@H](C)OC(=O)c2cccc(N3C(=O)[C@@H]4C5c6ccccc6C(c6ccccc65)[C@@H]4C3=O)c2)cc1. The molecule has 4 aromatic carbocycles. The van der Waals surface area contributed by atoms with Crippen LogP contribution in [0.5, 0.6) is 0 Å². The van der Waals surface area contributed by atoms with Crippen molar-refractivity contribution in [3.63, 3.8) is 0 Å². The number of Topliss-reactive ketones (excluding diaryl/α,β-unsaturated/α-hetero) is 1. The molecular weight excluding hydrogens is 514 g/mol. The molecule has 4 aliphatic rings. The number of esters is 1. The standard InChI is InChI=1S/C35H27NO5/c1-19-14-16-21(17-15-19)32(37)20(2)41-35(40)22-8-7-9-23(18-22)36-33(38)30-28-24-10-3-4-11-25(24)29(31(30)34(36)39)27-13-6-5-12-26(27)28/h3-18,20,28-31H,1-2H3/t20-,28?,29?,30-,31+/m0/s1. The van der Waals surface area contributed by atoms with E-state index < -0.39 is 23.9 Å². The topological polar surface area (TPSA) is 80.8 Å². The molecule has 1 fully saturated rings. The normalized spacial score (nSPS) is 22.5. The van der Waals surface area contributed by atoms with Crippen molar-refractivity contribution in [3.05, 3.63) is 136 Å². The number of hydrogen-bond donors (Lipinski definition) is 0. The number of nitrogens with zero attached hydrogens (tertiary/aromatic N) is 1. The number of hydrogen-bond acceptors (Lipinski definition) is 5. The van der Waals surface area contributed by atoms with Crippen LogP contribution in [0.2, 0.25) is 0 Å². The molecule has 3 aliphatic carbocycles. The summed E-state index contributed by atoms with van der Waals surface area (Å²) in [5.41, 5.74) is 6.38. The maximum atomic E-state index is 14.0. The molecule has 8 rings (SSSR count). The van der Waals surface area contributed by atoms with E-state index >= 15 is 0 Å². The van der Waals surface area contributed by atoms with Gasteiger partial charge in [-0.15, -0.1) is 0 Å². The molecule has 2 amide bonds. The molecule has 0 N–H and O–H groups in total. The molecule has 3 atom stereocenters. The monoisotopic (exact) mass is 541 g/mol. The molecule has 41 heavy (non-hydrogen) atoms. The Morgan fingerprint density at radius 3 is 1.71 bits per heavy atom. The minimum atomic E-state index is -1.00. The second kappa shape index (κ2) is 9.37. The molecule has 4 aromatic rings. The fraction of sp³-hybridized carbons (Fsp3) is 0.200. The maximum Gasteiger partial charge on any atom is 0.338 e. The Morgan fingerprint density at radius 2 is 1.20 bits per heavy atom. The molecule has 1 saturated heterocycles. The number of aryl methyl sites for hydroxylation is 1. The van der Waals surface area contributed by atoms with Gasteiger partial charge in [-0.25, -0.2) is 9.69 Å². The van der Waals surface area contributed by atoms with Gasteiger partial charge in [0.25, 0.3) is 0 Å². The van der Waals surface area contributed by atoms with Crippen LogP contribution in [-0.4, -0.2) is 29.7 Å². The fourth-order valence-corrected chi connectivity index (χ4v) is 6.94. The summed E-state index contributed by atoms with van der Waals surface area (Å²) in [6.45, 7) is 3.46. The number of ketones is 1. The first-order valence-electron chi connectivity index (χ1n) is 13.8. The van der Waals surface area contributed by atoms with Gasteiger partial charge in [-0.2, -0.15) is 0 Å². The van der Waals surface area contributed by atoms with Gasteiger partial charge < -0.3 is 4.74 Å². The predicted octanol–water partition coefficient (Wildman–Crippen LogP) is 5.82. The van der Waals surface area contributed by atoms with E-state index in [-0.39, 0.29) is 35.0 Å². The van der Waals surface area contributed by atoms with Crippen molar-refractivity contribution in [2.24, 2.45) is 11.8 Å². The Kier molecular flexibility index (Phi) is 5.75. The lowest BCUT2D eigenvalue weighted by Gasteiger charge is -2.45. The van der Waals surface area contributed by atoms with Crippen molar-refractivity contribution in [3.8, 4) is 0 Å². The highest BCUT2D eigenvalue weighted by molar-refractivity contribution is 6.23. The van der Waals surface area contributed by atoms with Gasteiger partial charge in [0, 0.05) is 17.4 Å². The summed E-state index contributed by atoms with van der Waals surface area (Å²) in [4.78, 5) is 55.2. The zero-order valence-corrected chi connectivity index (χ0v) is 22.6. The maximum absolute atomic E-state index is 14.0. The quantitative estimate of drug-likeness (QED) is 0.181. The average molecular weight is 542 g/mol. The minimum Gasteiger partial charge on any atom is -0.451 e. The summed E-state index contributed by atoms with van der Waals surface area (Å²) >= 11 is 0. The van der Waals surface area contributed by atoms with Crippen molar-refractivity contribution in [2.75, 3.05) is 4.90 Å². The third kappa shape index (κ3) is 3.78. The first kappa shape index (κ1) is 25.1. The van der Waals surface area contributed by atoms with Crippen LogP contribution in [0.3, 0.4) is 0 Å². The lowest BCUT2D eigenvalue weighted by molar-refractivity contribution is -0.122. The number of rotatable bonds is 5. The Bertz CT molecular complexity index is 1640. The fourth-order valence-electron chi connectivity index (χ4n) is 6.94. The second-order valence-corrected chi connectivity index (χ2v) is 11.1. The van der Waals surface area contributed by atoms with E-state index in [1.165, 1.54) is 17.9 Å². The van der Waals surface area contributed by atoms with Crippen LogP contribution in [0.25, 0.3) is 0 Å². The third-order valence-electron chi connectivity index (χ3n) is 8.78. The van der Waals surface area contributed by atoms with Crippen LogP contribution >= 0.6 is 0 Å². The summed E-state index contributed by atoms with van der Waals surface area (Å²) in [5, 5.41) is 0. The van der Waals surface area contributed by atoms with Crippen LogP contribution in [0, 0.1) is 18.8 Å². The van der Waals surface area contributed by atoms with E-state index in [4.69, 9.17) is 4.74 Å². The first-order valence-corrected chi connectivity index (χ1v) is 13.8. The summed E-state index contributed by atoms with van der Waals surface area (Å²) in [6, 6.07) is 29.6. The minimum absolute atomic E-state index is 0.163. The van der Waals surface area contributed by atoms with E-state index in [0.717, 1.165) is 27.8 Å². The highest BCUT2D eigenvalue weighted by atomic mass is 16.5. The van der Waals surface area contributed by atoms with Crippen molar-refractivity contribution in [2.45, 2.75) is 31.8 Å². The molecule has 6 nitrogen and oxygen atoms in total. The molecule has 1 aliphatic heterocycles. The van der Waals surface area contributed by atoms with Gasteiger partial charge in [-0.05, 0) is 54.3 Å². The van der Waals surface area contributed by atoms with Crippen LogP contribution in [-0.2, 0) is 14.3 Å². The number of ether oxygens (including phenoxy) is 1. The molecule has 1 heterocycles. The Morgan fingerprint density at radius 1 is 0.683 bits per heavy atom. The van der Waals surface area contributed by atoms with E-state index in [0.29, 0.717) is 11.3 Å². The Hall–Kier alpha value is -4.84. The van der Waals surface area contributed by atoms with E-state index in [2.05, 4.69) is 24.3 Å². The van der Waals surface area contributed by atoms with Crippen molar-refractivity contribution >= 4 is 29.3 Å². The highest BCUT2D eigenvalue weighted by Gasteiger charge is 2.61. The molecule has 202 valence electrons. The molecular formula is C35H27NO5. The number of carbonyl (C=O) groups is 4. The number of benzene rings is 4. The molecule has 0 spiro atoms. The van der Waals surface area contributed by atoms with Gasteiger partial charge in [0.2, 0.25) is 17.6 Å². The van der Waals surface area contributed by atoms with Crippen molar-refractivity contribution in [1.82, 2.24) is 0 Å². The summed E-state index contributed by atoms with van der Waals surface area (Å²) in [5.74, 6) is -2.96. The van der Waals surface area contributed by atoms with Gasteiger partial charge in [0.05, 0.1) is 23.1 Å². The molecule has 0 saturated carbocycles. The lowest BCUT2D eigenvalue weighted by atomic mass is 9.55. The summed E-state index contributed by atoms with van der Waals surface area (Å²) in [7, 11) is 0. The summed E-state index contributed by atoms with van der Waals surface area (Å²) in [6.07, 6.45) is -1.00. The number of anilines is 1. The van der Waals surface area contributed by atoms with Crippen LogP contribution in [0.1, 0.15) is 67.3 Å². The molecule has 0 unspecified atom stereocenters. The second-order valence-electron chi connectivity index (χ2n) is 11.1. The average Bonchev–Trinajstić information content (AvgIpc) is 3.27. The summed E-state index contributed by atoms with van der Waals surface area (Å²) < 4.78 is 5.50. The van der Waals surface area contributed by atoms with E-state index in [9.17, 15) is 19.2 Å². The van der Waals surface area contributed by atoms with Crippen molar-refractivity contribution < 1.29 is 23.9 Å². The smallest absolute Gasteiger partial charge is 0.338 e. The zero-order valence-electron chi connectivity index (χ0n) is 22.6. The molecule has 6 heteroatoms. The molecule has 0 radical (unpaired) electrons. The van der Waals surface area contributed by atoms with Gasteiger partial charge >= 0.3 is 5.97 Å². The number of imide groups is 1. The third-order valence-corrected chi connectivity index (χ3v) is 8.78. The lowest BCUT2D eigenvalue weighted by Crippen LogP contribution is -2.41. The number of amides is 2. The predicted molar refractivity (Wildman–Crippen MR) is 153 cm³/mol. The van der Waals surface area contributed by atoms with Crippen LogP contribution < -0.4 is 4.90 Å². The van der Waals surface area contributed by atoms with Crippen molar-refractivity contribution in [1.29, 1.82) is 0 Å². The first-order chi connectivity index (χ1) is 19.8. The van der Waals surface area contributed by atoms with Gasteiger partial charge in [-0.1, -0.05) is 84.4 Å². The van der Waals surface area contributed by atoms with Gasteiger partial charge in [0.15, 0.2) is 6.10 Å². The van der Waals surface area contributed by atoms with Gasteiger partial charge in [-0.3, -0.25) is 14.4 Å². The Balaban J connectivity index is 1.18. The molecule has 0 aromatic heterocycles. The van der Waals surface area contributed by atoms with Crippen LogP contribution in [0.4, 0.5) is 5.69 Å². The largest absolute Gasteiger partial charge is 0.451 e. The zero-order chi connectivity index (χ0) is 28.4. The highest BCUT2D eigenvalue weighted by Crippen LogP contribution is 2.61. The number of carbonyl (C=O) groups excluding carboxylic acids is 4. The van der Waals surface area contributed by atoms with Gasteiger partial charge in [0.1, 0.15) is 0 Å².